The quantitative estimate of drug-likeness (QED) is 0.294. The highest BCUT2D eigenvalue weighted by Gasteiger charge is 2.40. The lowest BCUT2D eigenvalue weighted by molar-refractivity contribution is 0.102. The Morgan fingerprint density at radius 2 is 1.81 bits per heavy atom. The van der Waals surface area contributed by atoms with E-state index in [0.29, 0.717) is 16.9 Å². The zero-order chi connectivity index (χ0) is 30.6. The van der Waals surface area contributed by atoms with Gasteiger partial charge in [-0.15, -0.1) is 5.53 Å². The summed E-state index contributed by atoms with van der Waals surface area (Å²) in [6.07, 6.45) is 6.83. The Kier molecular flexibility index (Phi) is 7.26. The van der Waals surface area contributed by atoms with Crippen molar-refractivity contribution in [3.05, 3.63) is 70.7 Å². The topological polar surface area (TPSA) is 130 Å². The van der Waals surface area contributed by atoms with Crippen molar-refractivity contribution in [2.45, 2.75) is 65.3 Å². The predicted octanol–water partition coefficient (Wildman–Crippen LogP) is 4.77. The summed E-state index contributed by atoms with van der Waals surface area (Å²) in [7, 11) is -2.13. The number of ether oxygens (including phenoxy) is 1. The second kappa shape index (κ2) is 10.4. The molecule has 1 aliphatic heterocycles. The van der Waals surface area contributed by atoms with Gasteiger partial charge in [0.1, 0.15) is 0 Å². The number of hydrogen-bond acceptors (Lipinski definition) is 8. The fourth-order valence-corrected chi connectivity index (χ4v) is 5.73. The molecule has 12 heteroatoms. The number of nitrogens with one attached hydrogen (secondary N) is 4. The third kappa shape index (κ3) is 5.82. The van der Waals surface area contributed by atoms with Crippen LogP contribution in [0.2, 0.25) is 0 Å². The van der Waals surface area contributed by atoms with E-state index in [1.165, 1.54) is 7.11 Å². The van der Waals surface area contributed by atoms with Crippen molar-refractivity contribution in [3.63, 3.8) is 0 Å². The highest BCUT2D eigenvalue weighted by molar-refractivity contribution is 7.92. The van der Waals surface area contributed by atoms with Gasteiger partial charge < -0.3 is 15.5 Å². The molecular formula is C30H39N7O4S. The van der Waals surface area contributed by atoms with Gasteiger partial charge >= 0.3 is 0 Å². The molecule has 0 bridgehead atoms. The van der Waals surface area contributed by atoms with E-state index in [4.69, 9.17) is 4.74 Å². The molecular weight excluding hydrogens is 554 g/mol. The van der Waals surface area contributed by atoms with Gasteiger partial charge in [-0.3, -0.25) is 19.2 Å². The minimum absolute atomic E-state index is 0.0725. The van der Waals surface area contributed by atoms with Gasteiger partial charge in [-0.25, -0.2) is 8.42 Å². The average molecular weight is 594 g/mol. The Morgan fingerprint density at radius 1 is 1.12 bits per heavy atom. The second-order valence-electron chi connectivity index (χ2n) is 12.4. The molecule has 1 aliphatic carbocycles. The summed E-state index contributed by atoms with van der Waals surface area (Å²) >= 11 is 0. The van der Waals surface area contributed by atoms with Crippen LogP contribution in [0, 0.1) is 13.8 Å². The number of nitrogens with zero attached hydrogens (tertiary/aromatic N) is 3. The normalized spacial score (nSPS) is 16.1. The maximum absolute atomic E-state index is 13.6. The third-order valence-corrected chi connectivity index (χ3v) is 8.36. The molecule has 2 heterocycles. The van der Waals surface area contributed by atoms with Crippen molar-refractivity contribution in [3.8, 4) is 5.75 Å². The summed E-state index contributed by atoms with van der Waals surface area (Å²) in [6, 6.07) is 9.10. The molecule has 2 aliphatic rings. The number of amides is 1. The van der Waals surface area contributed by atoms with E-state index in [1.54, 1.807) is 18.2 Å². The first-order valence-electron chi connectivity index (χ1n) is 13.8. The lowest BCUT2D eigenvalue weighted by Gasteiger charge is -2.21. The van der Waals surface area contributed by atoms with Gasteiger partial charge in [0.15, 0.2) is 5.75 Å². The van der Waals surface area contributed by atoms with Crippen LogP contribution in [0.15, 0.2) is 42.7 Å². The summed E-state index contributed by atoms with van der Waals surface area (Å²) in [6.45, 7) is 12.5. The molecule has 1 saturated carbocycles. The van der Waals surface area contributed by atoms with Crippen LogP contribution in [0.1, 0.15) is 73.3 Å². The molecule has 4 N–H and O–H groups in total. The van der Waals surface area contributed by atoms with Gasteiger partial charge in [0, 0.05) is 23.0 Å². The van der Waals surface area contributed by atoms with E-state index in [1.807, 2.05) is 48.1 Å². The standard InChI is InChI=1S/C30H39N7O4S/c1-18-9-10-20(13-26(18)36-17-25(33-35-36)22-16-31-37(19(22)2)29(3,4)5)28(38)32-23-14-21(30(6)11-12-30)15-24(27(23)41-7)34-42(8,39)40/h9-10,13-17,33-35H,11-12H2,1-8H3,(H,32,38). The Bertz CT molecular complexity index is 1700. The number of rotatable bonds is 8. The van der Waals surface area contributed by atoms with E-state index in [9.17, 15) is 13.2 Å². The van der Waals surface area contributed by atoms with Gasteiger partial charge in [-0.2, -0.15) is 5.10 Å². The average Bonchev–Trinajstić information content (AvgIpc) is 3.27. The van der Waals surface area contributed by atoms with Gasteiger partial charge in [0.05, 0.1) is 47.9 Å². The third-order valence-electron chi connectivity index (χ3n) is 7.77. The number of aromatic nitrogens is 2. The number of hydrogen-bond donors (Lipinski definition) is 4. The Balaban J connectivity index is 1.44. The Morgan fingerprint density at radius 3 is 2.40 bits per heavy atom. The van der Waals surface area contributed by atoms with Crippen LogP contribution >= 0.6 is 0 Å². The van der Waals surface area contributed by atoms with E-state index in [-0.39, 0.29) is 22.6 Å². The number of aryl methyl sites for hydroxylation is 1. The second-order valence-corrected chi connectivity index (χ2v) is 14.1. The summed E-state index contributed by atoms with van der Waals surface area (Å²) in [5, 5.41) is 9.37. The SMILES string of the molecule is COc1c(NC(=O)c2ccc(C)c(N3C=C(c4cnn(C(C)(C)C)c4C)NN3)c2)cc(C2(C)CC2)cc1NS(C)(=O)=O. The van der Waals surface area contributed by atoms with Crippen LogP contribution in [0.25, 0.3) is 5.70 Å². The van der Waals surface area contributed by atoms with E-state index < -0.39 is 10.0 Å². The van der Waals surface area contributed by atoms with Crippen LogP contribution in [-0.4, -0.2) is 37.5 Å². The fraction of sp³-hybridized carbons (Fsp3) is 0.400. The van der Waals surface area contributed by atoms with Crippen LogP contribution in [0.3, 0.4) is 0 Å². The van der Waals surface area contributed by atoms with Crippen molar-refractivity contribution in [2.75, 3.05) is 28.4 Å². The van der Waals surface area contributed by atoms with E-state index in [2.05, 4.69) is 53.8 Å². The number of carbonyl (C=O) groups is 1. The van der Waals surface area contributed by atoms with Crippen LogP contribution in [-0.2, 0) is 21.0 Å². The first-order chi connectivity index (χ1) is 19.6. The molecule has 1 amide bonds. The molecule has 0 radical (unpaired) electrons. The highest BCUT2D eigenvalue weighted by Crippen LogP contribution is 2.51. The zero-order valence-electron chi connectivity index (χ0n) is 25.3. The van der Waals surface area contributed by atoms with Crippen LogP contribution < -0.4 is 30.7 Å². The summed E-state index contributed by atoms with van der Waals surface area (Å²) in [4.78, 5) is 13.6. The van der Waals surface area contributed by atoms with Crippen molar-refractivity contribution in [1.29, 1.82) is 0 Å². The zero-order valence-corrected chi connectivity index (χ0v) is 26.2. The lowest BCUT2D eigenvalue weighted by Crippen LogP contribution is -2.36. The van der Waals surface area contributed by atoms with Crippen molar-refractivity contribution in [1.82, 2.24) is 20.7 Å². The Hall–Kier alpha value is -4.03. The van der Waals surface area contributed by atoms with E-state index >= 15 is 0 Å². The first kappa shape index (κ1) is 29.5. The van der Waals surface area contributed by atoms with Crippen molar-refractivity contribution >= 4 is 38.7 Å². The molecule has 42 heavy (non-hydrogen) atoms. The van der Waals surface area contributed by atoms with Crippen LogP contribution in [0.5, 0.6) is 5.75 Å². The number of anilines is 3. The molecule has 0 spiro atoms. The van der Waals surface area contributed by atoms with Gasteiger partial charge in [-0.05, 0) is 88.3 Å². The molecule has 0 atom stereocenters. The minimum Gasteiger partial charge on any atom is -0.492 e. The summed E-state index contributed by atoms with van der Waals surface area (Å²) in [5.41, 5.74) is 12.8. The van der Waals surface area contributed by atoms with Crippen LogP contribution in [0.4, 0.5) is 17.1 Å². The highest BCUT2D eigenvalue weighted by atomic mass is 32.2. The molecule has 224 valence electrons. The molecule has 2 aromatic carbocycles. The lowest BCUT2D eigenvalue weighted by atomic mass is 9.96. The minimum atomic E-state index is -3.57. The summed E-state index contributed by atoms with van der Waals surface area (Å²) < 4.78 is 34.3. The van der Waals surface area contributed by atoms with E-state index in [0.717, 1.165) is 52.9 Å². The number of carbonyl (C=O) groups excluding carboxylic acids is 1. The maximum Gasteiger partial charge on any atom is 0.255 e. The van der Waals surface area contributed by atoms with Crippen molar-refractivity contribution < 1.29 is 17.9 Å². The molecule has 5 rings (SSSR count). The molecule has 3 aromatic rings. The number of benzene rings is 2. The summed E-state index contributed by atoms with van der Waals surface area (Å²) in [5.74, 6) is -0.102. The number of hydrazine groups is 2. The van der Waals surface area contributed by atoms with Gasteiger partial charge in [0.2, 0.25) is 10.0 Å². The van der Waals surface area contributed by atoms with Gasteiger partial charge in [0.25, 0.3) is 5.91 Å². The predicted molar refractivity (Wildman–Crippen MR) is 166 cm³/mol. The first-order valence-corrected chi connectivity index (χ1v) is 15.7. The number of sulfonamides is 1. The smallest absolute Gasteiger partial charge is 0.255 e. The van der Waals surface area contributed by atoms with Gasteiger partial charge in [-0.1, -0.05) is 13.0 Å². The maximum atomic E-state index is 13.6. The molecule has 0 saturated heterocycles. The number of methoxy groups -OCH3 is 1. The molecule has 1 fully saturated rings. The fourth-order valence-electron chi connectivity index (χ4n) is 5.18. The largest absolute Gasteiger partial charge is 0.492 e. The monoisotopic (exact) mass is 593 g/mol. The molecule has 11 nitrogen and oxygen atoms in total. The molecule has 0 unspecified atom stereocenters. The molecule has 1 aromatic heterocycles. The Labute approximate surface area is 247 Å². The van der Waals surface area contributed by atoms with Crippen molar-refractivity contribution in [2.24, 2.45) is 0 Å².